The quantitative estimate of drug-likeness (QED) is 0.403. The summed E-state index contributed by atoms with van der Waals surface area (Å²) in [7, 11) is 0. The lowest BCUT2D eigenvalue weighted by molar-refractivity contribution is 0.586. The fourth-order valence-corrected chi connectivity index (χ4v) is 3.27. The van der Waals surface area contributed by atoms with E-state index in [1.165, 1.54) is 0 Å². The maximum Gasteiger partial charge on any atom is 0.232 e. The first-order chi connectivity index (χ1) is 14.7. The number of rotatable bonds is 7. The molecule has 0 aliphatic carbocycles. The van der Waals surface area contributed by atoms with Gasteiger partial charge in [0, 0.05) is 10.7 Å². The van der Waals surface area contributed by atoms with E-state index in [1.54, 1.807) is 0 Å². The molecule has 150 valence electrons. The number of hydrogen-bond donors (Lipinski definition) is 3. The molecule has 1 atom stereocenters. The standard InChI is InChI=1S/C23H21ClN6/c24-18-13-11-17(12-14-18)21(16-7-3-1-4-8-16)26-15-20-28-22(25)30-23(29-20)27-19-9-5-2-6-10-19/h1-14,21,26H,15H2,(H3,25,27,28,29,30)/t21-/m1/s1. The largest absolute Gasteiger partial charge is 0.368 e. The van der Waals surface area contributed by atoms with Crippen molar-refractivity contribution in [3.8, 4) is 0 Å². The molecule has 4 N–H and O–H groups in total. The van der Waals surface area contributed by atoms with Crippen LogP contribution < -0.4 is 16.4 Å². The van der Waals surface area contributed by atoms with Crippen molar-refractivity contribution in [1.82, 2.24) is 20.3 Å². The van der Waals surface area contributed by atoms with Crippen LogP contribution in [0.4, 0.5) is 17.6 Å². The molecule has 0 aliphatic rings. The van der Waals surface area contributed by atoms with Gasteiger partial charge in [-0.15, -0.1) is 0 Å². The van der Waals surface area contributed by atoms with Crippen molar-refractivity contribution in [1.29, 1.82) is 0 Å². The van der Waals surface area contributed by atoms with Crippen LogP contribution in [-0.4, -0.2) is 15.0 Å². The van der Waals surface area contributed by atoms with E-state index in [4.69, 9.17) is 17.3 Å². The van der Waals surface area contributed by atoms with Crippen LogP contribution in [0.5, 0.6) is 0 Å². The van der Waals surface area contributed by atoms with Crippen LogP contribution in [0.1, 0.15) is 23.0 Å². The monoisotopic (exact) mass is 416 g/mol. The number of halogens is 1. The maximum absolute atomic E-state index is 6.07. The first-order valence-electron chi connectivity index (χ1n) is 9.54. The molecular weight excluding hydrogens is 396 g/mol. The number of nitrogen functional groups attached to an aromatic ring is 1. The fourth-order valence-electron chi connectivity index (χ4n) is 3.15. The topological polar surface area (TPSA) is 88.8 Å². The average Bonchev–Trinajstić information content (AvgIpc) is 2.76. The second kappa shape index (κ2) is 9.35. The second-order valence-corrected chi connectivity index (χ2v) is 7.14. The Bertz CT molecular complexity index is 1090. The Morgan fingerprint density at radius 3 is 2.10 bits per heavy atom. The van der Waals surface area contributed by atoms with Gasteiger partial charge in [0.2, 0.25) is 11.9 Å². The minimum Gasteiger partial charge on any atom is -0.368 e. The van der Waals surface area contributed by atoms with Crippen LogP contribution in [0, 0.1) is 0 Å². The molecule has 6 nitrogen and oxygen atoms in total. The van der Waals surface area contributed by atoms with Gasteiger partial charge < -0.3 is 11.1 Å². The first kappa shape index (κ1) is 19.8. The molecule has 1 aromatic heterocycles. The lowest BCUT2D eigenvalue weighted by Gasteiger charge is -2.20. The summed E-state index contributed by atoms with van der Waals surface area (Å²) in [6.45, 7) is 0.415. The second-order valence-electron chi connectivity index (χ2n) is 6.70. The smallest absolute Gasteiger partial charge is 0.232 e. The summed E-state index contributed by atoms with van der Waals surface area (Å²) >= 11 is 6.07. The van der Waals surface area contributed by atoms with Crippen molar-refractivity contribution in [2.45, 2.75) is 12.6 Å². The number of nitrogens with two attached hydrogens (primary N) is 1. The van der Waals surface area contributed by atoms with E-state index < -0.39 is 0 Å². The van der Waals surface area contributed by atoms with Gasteiger partial charge in [-0.2, -0.15) is 15.0 Å². The molecule has 3 aromatic carbocycles. The number of aromatic nitrogens is 3. The molecule has 0 aliphatic heterocycles. The van der Waals surface area contributed by atoms with E-state index in [-0.39, 0.29) is 12.0 Å². The third-order valence-electron chi connectivity index (χ3n) is 4.53. The van der Waals surface area contributed by atoms with E-state index >= 15 is 0 Å². The van der Waals surface area contributed by atoms with Gasteiger partial charge >= 0.3 is 0 Å². The highest BCUT2D eigenvalue weighted by molar-refractivity contribution is 6.30. The zero-order chi connectivity index (χ0) is 20.8. The summed E-state index contributed by atoms with van der Waals surface area (Å²) in [6.07, 6.45) is 0. The molecule has 4 aromatic rings. The fraction of sp³-hybridized carbons (Fsp3) is 0.0870. The highest BCUT2D eigenvalue weighted by Crippen LogP contribution is 2.24. The molecular formula is C23H21ClN6. The lowest BCUT2D eigenvalue weighted by Crippen LogP contribution is -2.23. The van der Waals surface area contributed by atoms with Gasteiger partial charge in [-0.1, -0.05) is 72.3 Å². The highest BCUT2D eigenvalue weighted by atomic mass is 35.5. The summed E-state index contributed by atoms with van der Waals surface area (Å²) in [6, 6.07) is 27.6. The van der Waals surface area contributed by atoms with E-state index in [0.717, 1.165) is 16.8 Å². The Balaban J connectivity index is 1.55. The van der Waals surface area contributed by atoms with Crippen LogP contribution in [-0.2, 0) is 6.54 Å². The number of anilines is 3. The zero-order valence-electron chi connectivity index (χ0n) is 16.2. The molecule has 0 bridgehead atoms. The SMILES string of the molecule is Nc1nc(CN[C@H](c2ccccc2)c2ccc(Cl)cc2)nc(Nc2ccccc2)n1. The molecule has 0 spiro atoms. The van der Waals surface area contributed by atoms with Crippen LogP contribution in [0.3, 0.4) is 0 Å². The molecule has 0 saturated carbocycles. The summed E-state index contributed by atoms with van der Waals surface area (Å²) in [5.74, 6) is 1.13. The Morgan fingerprint density at radius 2 is 1.40 bits per heavy atom. The van der Waals surface area contributed by atoms with Gasteiger partial charge in [-0.05, 0) is 35.4 Å². The predicted octanol–water partition coefficient (Wildman–Crippen LogP) is 4.73. The van der Waals surface area contributed by atoms with E-state index in [2.05, 4.69) is 37.7 Å². The normalized spacial score (nSPS) is 11.8. The Morgan fingerprint density at radius 1 is 0.767 bits per heavy atom. The first-order valence-corrected chi connectivity index (χ1v) is 9.91. The molecule has 30 heavy (non-hydrogen) atoms. The Labute approximate surface area is 180 Å². The molecule has 0 amide bonds. The Hall–Kier alpha value is -3.48. The molecule has 0 fully saturated rings. The summed E-state index contributed by atoms with van der Waals surface area (Å²) in [5.41, 5.74) is 9.02. The van der Waals surface area contributed by atoms with Crippen molar-refractivity contribution >= 4 is 29.2 Å². The lowest BCUT2D eigenvalue weighted by atomic mass is 9.99. The molecule has 0 unspecified atom stereocenters. The van der Waals surface area contributed by atoms with Crippen molar-refractivity contribution in [3.63, 3.8) is 0 Å². The minimum absolute atomic E-state index is 0.0491. The number of nitrogens with zero attached hydrogens (tertiary/aromatic N) is 3. The molecule has 1 heterocycles. The van der Waals surface area contributed by atoms with Gasteiger partial charge in [0.05, 0.1) is 12.6 Å². The van der Waals surface area contributed by atoms with Crippen LogP contribution in [0.2, 0.25) is 5.02 Å². The summed E-state index contributed by atoms with van der Waals surface area (Å²) in [5, 5.41) is 7.39. The number of hydrogen-bond acceptors (Lipinski definition) is 6. The van der Waals surface area contributed by atoms with E-state index in [1.807, 2.05) is 72.8 Å². The van der Waals surface area contributed by atoms with E-state index in [9.17, 15) is 0 Å². The van der Waals surface area contributed by atoms with Crippen molar-refractivity contribution in [2.24, 2.45) is 0 Å². The Kier molecular flexibility index (Phi) is 6.17. The predicted molar refractivity (Wildman–Crippen MR) is 121 cm³/mol. The number of benzene rings is 3. The van der Waals surface area contributed by atoms with Gasteiger partial charge in [0.15, 0.2) is 0 Å². The minimum atomic E-state index is -0.0491. The number of para-hydroxylation sites is 1. The third kappa shape index (κ3) is 5.11. The van der Waals surface area contributed by atoms with Gasteiger partial charge in [-0.3, -0.25) is 5.32 Å². The molecule has 0 saturated heterocycles. The highest BCUT2D eigenvalue weighted by Gasteiger charge is 2.15. The van der Waals surface area contributed by atoms with Crippen molar-refractivity contribution < 1.29 is 0 Å². The van der Waals surface area contributed by atoms with Crippen molar-refractivity contribution in [3.05, 3.63) is 107 Å². The van der Waals surface area contributed by atoms with Crippen molar-refractivity contribution in [2.75, 3.05) is 11.1 Å². The average molecular weight is 417 g/mol. The van der Waals surface area contributed by atoms with Gasteiger partial charge in [0.25, 0.3) is 0 Å². The zero-order valence-corrected chi connectivity index (χ0v) is 16.9. The third-order valence-corrected chi connectivity index (χ3v) is 4.78. The summed E-state index contributed by atoms with van der Waals surface area (Å²) in [4.78, 5) is 13.0. The maximum atomic E-state index is 6.07. The van der Waals surface area contributed by atoms with Gasteiger partial charge in [-0.25, -0.2) is 0 Å². The molecule has 7 heteroatoms. The molecule has 0 radical (unpaired) electrons. The molecule has 4 rings (SSSR count). The summed E-state index contributed by atoms with van der Waals surface area (Å²) < 4.78 is 0. The van der Waals surface area contributed by atoms with Crippen LogP contribution >= 0.6 is 11.6 Å². The van der Waals surface area contributed by atoms with E-state index in [0.29, 0.717) is 23.3 Å². The van der Waals surface area contributed by atoms with Gasteiger partial charge in [0.1, 0.15) is 5.82 Å². The van der Waals surface area contributed by atoms with Crippen LogP contribution in [0.25, 0.3) is 0 Å². The van der Waals surface area contributed by atoms with Crippen LogP contribution in [0.15, 0.2) is 84.9 Å². The number of nitrogens with one attached hydrogen (secondary N) is 2.